The number of para-hydroxylation sites is 1. The summed E-state index contributed by atoms with van der Waals surface area (Å²) in [5, 5.41) is 1.05. The molecule has 2 aromatic carbocycles. The van der Waals surface area contributed by atoms with E-state index in [9.17, 15) is 4.79 Å². The third kappa shape index (κ3) is 3.80. The average Bonchev–Trinajstić information content (AvgIpc) is 2.86. The molecule has 0 spiro atoms. The van der Waals surface area contributed by atoms with Crippen LogP contribution in [0.5, 0.6) is 0 Å². The van der Waals surface area contributed by atoms with Crippen molar-refractivity contribution >= 4 is 32.7 Å². The zero-order chi connectivity index (χ0) is 18.8. The van der Waals surface area contributed by atoms with Gasteiger partial charge in [-0.2, -0.15) is 0 Å². The highest BCUT2D eigenvalue weighted by Crippen LogP contribution is 2.28. The van der Waals surface area contributed by atoms with Gasteiger partial charge in [0.2, 0.25) is 0 Å². The topological polar surface area (TPSA) is 39.3 Å². The van der Waals surface area contributed by atoms with Gasteiger partial charge in [0.05, 0.1) is 4.47 Å². The SMILES string of the molecule is Cc1ccccc1CN1CCCN(C(=O)c2[nH]c3ccccc3c2Br)CC1. The van der Waals surface area contributed by atoms with E-state index in [1.165, 1.54) is 11.1 Å². The van der Waals surface area contributed by atoms with Gasteiger partial charge in [-0.1, -0.05) is 42.5 Å². The van der Waals surface area contributed by atoms with Crippen molar-refractivity contribution < 1.29 is 4.79 Å². The highest BCUT2D eigenvalue weighted by molar-refractivity contribution is 9.10. The first kappa shape index (κ1) is 18.3. The van der Waals surface area contributed by atoms with Crippen LogP contribution < -0.4 is 0 Å². The van der Waals surface area contributed by atoms with E-state index >= 15 is 0 Å². The molecule has 4 nitrogen and oxygen atoms in total. The van der Waals surface area contributed by atoms with E-state index in [1.54, 1.807) is 0 Å². The minimum absolute atomic E-state index is 0.0795. The van der Waals surface area contributed by atoms with Crippen LogP contribution in [0.4, 0.5) is 0 Å². The van der Waals surface area contributed by atoms with Crippen molar-refractivity contribution in [3.05, 3.63) is 69.8 Å². The van der Waals surface area contributed by atoms with Crippen LogP contribution in [0.1, 0.15) is 28.0 Å². The molecule has 5 heteroatoms. The Balaban J connectivity index is 1.46. The van der Waals surface area contributed by atoms with Crippen molar-refractivity contribution in [3.63, 3.8) is 0 Å². The number of halogens is 1. The number of amides is 1. The molecule has 1 aliphatic heterocycles. The summed E-state index contributed by atoms with van der Waals surface area (Å²) in [6.45, 7) is 6.59. The fraction of sp³-hybridized carbons (Fsp3) is 0.318. The van der Waals surface area contributed by atoms with Gasteiger partial charge >= 0.3 is 0 Å². The summed E-state index contributed by atoms with van der Waals surface area (Å²) in [7, 11) is 0. The first-order valence-corrected chi connectivity index (χ1v) is 10.2. The molecule has 0 saturated carbocycles. The second-order valence-corrected chi connectivity index (χ2v) is 8.00. The van der Waals surface area contributed by atoms with Crippen LogP contribution in [-0.4, -0.2) is 46.9 Å². The van der Waals surface area contributed by atoms with Gasteiger partial charge in [0.15, 0.2) is 0 Å². The van der Waals surface area contributed by atoms with E-state index in [0.29, 0.717) is 5.69 Å². The number of carbonyl (C=O) groups is 1. The lowest BCUT2D eigenvalue weighted by molar-refractivity contribution is 0.0755. The Kier molecular flexibility index (Phi) is 5.32. The number of aryl methyl sites for hydroxylation is 1. The minimum Gasteiger partial charge on any atom is -0.350 e. The molecule has 0 aliphatic carbocycles. The molecule has 140 valence electrons. The molecule has 1 N–H and O–H groups in total. The summed E-state index contributed by atoms with van der Waals surface area (Å²) in [4.78, 5) is 20.8. The summed E-state index contributed by atoms with van der Waals surface area (Å²) in [6.07, 6.45) is 0.996. The zero-order valence-corrected chi connectivity index (χ0v) is 17.1. The highest BCUT2D eigenvalue weighted by atomic mass is 79.9. The van der Waals surface area contributed by atoms with Crippen LogP contribution in [-0.2, 0) is 6.54 Å². The summed E-state index contributed by atoms with van der Waals surface area (Å²) in [6, 6.07) is 16.5. The van der Waals surface area contributed by atoms with Crippen molar-refractivity contribution in [2.45, 2.75) is 19.9 Å². The highest BCUT2D eigenvalue weighted by Gasteiger charge is 2.24. The van der Waals surface area contributed by atoms with Gasteiger partial charge in [-0.05, 0) is 46.5 Å². The molecule has 0 atom stereocenters. The van der Waals surface area contributed by atoms with Gasteiger partial charge < -0.3 is 9.88 Å². The predicted octanol–water partition coefficient (Wildman–Crippen LogP) is 4.59. The Bertz CT molecular complexity index is 965. The molecule has 1 amide bonds. The monoisotopic (exact) mass is 425 g/mol. The van der Waals surface area contributed by atoms with E-state index in [4.69, 9.17) is 0 Å². The van der Waals surface area contributed by atoms with E-state index in [1.807, 2.05) is 29.2 Å². The van der Waals surface area contributed by atoms with Gasteiger partial charge in [0.25, 0.3) is 5.91 Å². The van der Waals surface area contributed by atoms with E-state index in [-0.39, 0.29) is 5.91 Å². The molecule has 4 rings (SSSR count). The van der Waals surface area contributed by atoms with Crippen LogP contribution in [0.15, 0.2) is 53.0 Å². The molecule has 1 aliphatic rings. The van der Waals surface area contributed by atoms with Gasteiger partial charge in [-0.3, -0.25) is 9.69 Å². The van der Waals surface area contributed by atoms with Crippen molar-refractivity contribution in [2.24, 2.45) is 0 Å². The van der Waals surface area contributed by atoms with Gasteiger partial charge in [0, 0.05) is 43.6 Å². The first-order chi connectivity index (χ1) is 13.1. The van der Waals surface area contributed by atoms with E-state index < -0.39 is 0 Å². The largest absolute Gasteiger partial charge is 0.350 e. The summed E-state index contributed by atoms with van der Waals surface area (Å²) < 4.78 is 0.865. The summed E-state index contributed by atoms with van der Waals surface area (Å²) in [5.74, 6) is 0.0795. The predicted molar refractivity (Wildman–Crippen MR) is 113 cm³/mol. The first-order valence-electron chi connectivity index (χ1n) is 9.46. The third-order valence-corrected chi connectivity index (χ3v) is 6.21. The smallest absolute Gasteiger partial charge is 0.271 e. The number of hydrogen-bond donors (Lipinski definition) is 1. The quantitative estimate of drug-likeness (QED) is 0.666. The van der Waals surface area contributed by atoms with Crippen molar-refractivity contribution in [3.8, 4) is 0 Å². The maximum atomic E-state index is 13.1. The van der Waals surface area contributed by atoms with E-state index in [2.05, 4.69) is 57.0 Å². The molecule has 0 bridgehead atoms. The maximum absolute atomic E-state index is 13.1. The molecule has 2 heterocycles. The number of nitrogens with zero attached hydrogens (tertiary/aromatic N) is 2. The molecular formula is C22H24BrN3O. The fourth-order valence-corrected chi connectivity index (χ4v) is 4.39. The fourth-order valence-electron chi connectivity index (χ4n) is 3.77. The van der Waals surface area contributed by atoms with Gasteiger partial charge in [-0.15, -0.1) is 0 Å². The molecule has 1 aromatic heterocycles. The number of H-pyrrole nitrogens is 1. The molecule has 0 radical (unpaired) electrons. The van der Waals surface area contributed by atoms with Gasteiger partial charge in [-0.25, -0.2) is 0 Å². The molecule has 0 unspecified atom stereocenters. The average molecular weight is 426 g/mol. The number of aromatic nitrogens is 1. The number of nitrogens with one attached hydrogen (secondary N) is 1. The number of benzene rings is 2. The Morgan fingerprint density at radius 2 is 1.81 bits per heavy atom. The van der Waals surface area contributed by atoms with Crippen LogP contribution >= 0.6 is 15.9 Å². The molecular weight excluding hydrogens is 402 g/mol. The lowest BCUT2D eigenvalue weighted by Gasteiger charge is -2.22. The Labute approximate surface area is 168 Å². The molecule has 1 fully saturated rings. The van der Waals surface area contributed by atoms with Crippen LogP contribution in [0.25, 0.3) is 10.9 Å². The lowest BCUT2D eigenvalue weighted by atomic mass is 10.1. The number of aromatic amines is 1. The number of rotatable bonds is 3. The standard InChI is InChI=1S/C22H24BrN3O/c1-16-7-2-3-8-17(16)15-25-11-6-12-26(14-13-25)22(27)21-20(23)18-9-4-5-10-19(18)24-21/h2-5,7-10,24H,6,11-15H2,1H3. The third-order valence-electron chi connectivity index (χ3n) is 5.39. The minimum atomic E-state index is 0.0795. The normalized spacial score (nSPS) is 15.9. The van der Waals surface area contributed by atoms with Gasteiger partial charge in [0.1, 0.15) is 5.69 Å². The Hall–Kier alpha value is -2.11. The second-order valence-electron chi connectivity index (χ2n) is 7.21. The Morgan fingerprint density at radius 1 is 1.04 bits per heavy atom. The number of fused-ring (bicyclic) bond motifs is 1. The van der Waals surface area contributed by atoms with Crippen LogP contribution in [0.3, 0.4) is 0 Å². The molecule has 27 heavy (non-hydrogen) atoms. The maximum Gasteiger partial charge on any atom is 0.271 e. The Morgan fingerprint density at radius 3 is 2.63 bits per heavy atom. The van der Waals surface area contributed by atoms with Crippen LogP contribution in [0.2, 0.25) is 0 Å². The lowest BCUT2D eigenvalue weighted by Crippen LogP contribution is -2.35. The summed E-state index contributed by atoms with van der Waals surface area (Å²) >= 11 is 3.61. The summed E-state index contributed by atoms with van der Waals surface area (Å²) in [5.41, 5.74) is 4.35. The molecule has 1 saturated heterocycles. The zero-order valence-electron chi connectivity index (χ0n) is 15.5. The van der Waals surface area contributed by atoms with Crippen molar-refractivity contribution in [1.82, 2.24) is 14.8 Å². The molecule has 3 aromatic rings. The second kappa shape index (κ2) is 7.87. The van der Waals surface area contributed by atoms with Crippen molar-refractivity contribution in [2.75, 3.05) is 26.2 Å². The number of hydrogen-bond acceptors (Lipinski definition) is 2. The van der Waals surface area contributed by atoms with Crippen LogP contribution in [0, 0.1) is 6.92 Å². The van der Waals surface area contributed by atoms with E-state index in [0.717, 1.165) is 54.5 Å². The van der Waals surface area contributed by atoms with Crippen molar-refractivity contribution in [1.29, 1.82) is 0 Å². The number of carbonyl (C=O) groups excluding carboxylic acids is 1.